The molecule has 3 aliphatic carbocycles. The van der Waals surface area contributed by atoms with Gasteiger partial charge in [-0.3, -0.25) is 19.3 Å². The van der Waals surface area contributed by atoms with E-state index in [-0.39, 0.29) is 23.8 Å². The van der Waals surface area contributed by atoms with Crippen LogP contribution in [-0.4, -0.2) is 36.7 Å². The number of carbonyl (C=O) groups is 2. The second-order valence-corrected chi connectivity index (χ2v) is 10.6. The first kappa shape index (κ1) is 22.7. The number of rotatable bonds is 5. The molecular weight excluding hydrogens is 450 g/mol. The van der Waals surface area contributed by atoms with E-state index >= 15 is 0 Å². The highest BCUT2D eigenvalue weighted by atomic mass is 32.1. The highest BCUT2D eigenvalue weighted by Crippen LogP contribution is 2.44. The Kier molecular flexibility index (Phi) is 5.97. The Morgan fingerprint density at radius 3 is 2.44 bits per heavy atom. The highest BCUT2D eigenvalue weighted by molar-refractivity contribution is 7.19. The fourth-order valence-corrected chi connectivity index (χ4v) is 5.13. The van der Waals surface area contributed by atoms with Crippen LogP contribution in [0.4, 0.5) is 5.13 Å². The summed E-state index contributed by atoms with van der Waals surface area (Å²) < 4.78 is 2.10. The molecule has 0 radical (unpaired) electrons. The summed E-state index contributed by atoms with van der Waals surface area (Å²) in [6, 6.07) is 4.36. The third-order valence-corrected chi connectivity index (χ3v) is 7.33. The normalized spacial score (nSPS) is 16.4. The first-order valence-corrected chi connectivity index (χ1v) is 12.7. The Balaban J connectivity index is 0.000000351. The molecule has 0 aromatic carbocycles. The van der Waals surface area contributed by atoms with E-state index in [4.69, 9.17) is 15.2 Å². The summed E-state index contributed by atoms with van der Waals surface area (Å²) >= 11 is 1.57. The number of nitrogens with zero attached hydrogens (tertiary/aromatic N) is 4. The quantitative estimate of drug-likeness (QED) is 0.539. The molecule has 3 aromatic heterocycles. The maximum absolute atomic E-state index is 12.2. The lowest BCUT2D eigenvalue weighted by molar-refractivity contribution is -0.138. The van der Waals surface area contributed by atoms with E-state index in [1.54, 1.807) is 11.3 Å². The number of hydrogen-bond acceptors (Lipinski definition) is 6. The van der Waals surface area contributed by atoms with E-state index in [1.165, 1.54) is 5.56 Å². The molecule has 3 aliphatic rings. The smallest absolute Gasteiger partial charge is 0.306 e. The number of fused-ring (bicyclic) bond motifs is 3. The van der Waals surface area contributed by atoms with Crippen molar-refractivity contribution in [3.8, 4) is 21.8 Å². The van der Waals surface area contributed by atoms with Crippen molar-refractivity contribution in [1.82, 2.24) is 19.7 Å². The molecule has 0 spiro atoms. The number of thiazole rings is 1. The molecule has 0 aliphatic heterocycles. The first-order chi connectivity index (χ1) is 16.3. The molecular formula is C25H29N5O3S. The summed E-state index contributed by atoms with van der Waals surface area (Å²) in [4.78, 5) is 32.2. The number of aromatic nitrogens is 4. The molecule has 3 aromatic rings. The molecule has 3 heterocycles. The third-order valence-electron chi connectivity index (χ3n) is 6.31. The van der Waals surface area contributed by atoms with Crippen molar-refractivity contribution in [3.05, 3.63) is 35.3 Å². The maximum Gasteiger partial charge on any atom is 0.306 e. The molecule has 2 saturated carbocycles. The number of amides is 1. The van der Waals surface area contributed by atoms with Crippen molar-refractivity contribution < 1.29 is 14.7 Å². The van der Waals surface area contributed by atoms with Crippen LogP contribution in [0.15, 0.2) is 18.3 Å². The Bertz CT molecular complexity index is 1240. The first-order valence-electron chi connectivity index (χ1n) is 11.9. The predicted molar refractivity (Wildman–Crippen MR) is 131 cm³/mol. The lowest BCUT2D eigenvalue weighted by Crippen LogP contribution is -2.13. The number of aliphatic carboxylic acids is 1. The van der Waals surface area contributed by atoms with Crippen molar-refractivity contribution in [2.24, 2.45) is 11.8 Å². The highest BCUT2D eigenvalue weighted by Gasteiger charge is 2.33. The van der Waals surface area contributed by atoms with E-state index in [1.807, 2.05) is 19.2 Å². The molecule has 6 rings (SSSR count). The molecule has 0 bridgehead atoms. The zero-order valence-corrected chi connectivity index (χ0v) is 20.5. The fraction of sp³-hybridized carbons (Fsp3) is 0.480. The minimum atomic E-state index is -0.630. The lowest BCUT2D eigenvalue weighted by Gasteiger charge is -2.15. The maximum atomic E-state index is 12.2. The summed E-state index contributed by atoms with van der Waals surface area (Å²) in [6.07, 6.45) is 7.47. The second kappa shape index (κ2) is 8.94. The average Bonchev–Trinajstić information content (AvgIpc) is 3.72. The second-order valence-electron chi connectivity index (χ2n) is 9.57. The van der Waals surface area contributed by atoms with Gasteiger partial charge in [-0.05, 0) is 71.4 Å². The summed E-state index contributed by atoms with van der Waals surface area (Å²) in [5.41, 5.74) is 6.54. The standard InChI is InChI=1S/C21H23N5OS.C4H6O2/c1-11(2)26-18-15(17(25-26)14-5-4-12(3)22-10-14)8-9-16-19(18)28-21(23-16)24-20(27)13-6-7-13;5-4(6)3-1-2-3/h4-5,10-11,13H,6-9H2,1-3H3,(H,23,24,27);3H,1-2H2,(H,5,6). The lowest BCUT2D eigenvalue weighted by atomic mass is 9.95. The molecule has 0 unspecified atom stereocenters. The number of anilines is 1. The van der Waals surface area contributed by atoms with Crippen molar-refractivity contribution in [3.63, 3.8) is 0 Å². The van der Waals surface area contributed by atoms with Crippen LogP contribution < -0.4 is 5.32 Å². The van der Waals surface area contributed by atoms with Crippen molar-refractivity contribution in [2.45, 2.75) is 65.3 Å². The Hall–Kier alpha value is -3.07. The van der Waals surface area contributed by atoms with Gasteiger partial charge in [0.2, 0.25) is 5.91 Å². The van der Waals surface area contributed by atoms with E-state index < -0.39 is 5.97 Å². The van der Waals surface area contributed by atoms with Crippen LogP contribution in [0.3, 0.4) is 0 Å². The van der Waals surface area contributed by atoms with Crippen LogP contribution in [0, 0.1) is 18.8 Å². The Morgan fingerprint density at radius 1 is 1.15 bits per heavy atom. The van der Waals surface area contributed by atoms with Crippen LogP contribution in [0.5, 0.6) is 0 Å². The van der Waals surface area contributed by atoms with E-state index in [9.17, 15) is 9.59 Å². The summed E-state index contributed by atoms with van der Waals surface area (Å²) in [5, 5.41) is 16.7. The predicted octanol–water partition coefficient (Wildman–Crippen LogP) is 4.89. The van der Waals surface area contributed by atoms with Gasteiger partial charge in [0.1, 0.15) is 0 Å². The average molecular weight is 480 g/mol. The van der Waals surface area contributed by atoms with Crippen molar-refractivity contribution in [1.29, 1.82) is 0 Å². The minimum Gasteiger partial charge on any atom is -0.481 e. The number of aryl methyl sites for hydroxylation is 2. The van der Waals surface area contributed by atoms with Gasteiger partial charge in [0.05, 0.1) is 27.9 Å². The van der Waals surface area contributed by atoms with Crippen LogP contribution in [0.1, 0.15) is 62.5 Å². The molecule has 2 N–H and O–H groups in total. The largest absolute Gasteiger partial charge is 0.481 e. The van der Waals surface area contributed by atoms with Gasteiger partial charge in [0.25, 0.3) is 0 Å². The SMILES string of the molecule is Cc1ccc(-c2nn(C(C)C)c3c2CCc2nc(NC(=O)C4CC4)sc2-3)cn1.O=C(O)C1CC1. The molecule has 1 amide bonds. The zero-order valence-electron chi connectivity index (χ0n) is 19.7. The minimum absolute atomic E-state index is 0.0185. The van der Waals surface area contributed by atoms with Crippen molar-refractivity contribution in [2.75, 3.05) is 5.32 Å². The fourth-order valence-electron chi connectivity index (χ4n) is 4.05. The molecule has 0 atom stereocenters. The van der Waals surface area contributed by atoms with Gasteiger partial charge in [-0.15, -0.1) is 0 Å². The number of carbonyl (C=O) groups excluding carboxylic acids is 1. The van der Waals surface area contributed by atoms with Crippen molar-refractivity contribution >= 4 is 28.3 Å². The number of nitrogens with one attached hydrogen (secondary N) is 1. The monoisotopic (exact) mass is 479 g/mol. The molecule has 8 nitrogen and oxygen atoms in total. The summed E-state index contributed by atoms with van der Waals surface area (Å²) in [5.74, 6) is -0.326. The van der Waals surface area contributed by atoms with Gasteiger partial charge in [-0.25, -0.2) is 4.98 Å². The van der Waals surface area contributed by atoms with Crippen LogP contribution in [-0.2, 0) is 22.4 Å². The van der Waals surface area contributed by atoms with Gasteiger partial charge in [-0.1, -0.05) is 11.3 Å². The van der Waals surface area contributed by atoms with E-state index in [0.717, 1.165) is 71.7 Å². The van der Waals surface area contributed by atoms with Crippen LogP contribution in [0.2, 0.25) is 0 Å². The summed E-state index contributed by atoms with van der Waals surface area (Å²) in [7, 11) is 0. The molecule has 9 heteroatoms. The Morgan fingerprint density at radius 2 is 1.88 bits per heavy atom. The molecule has 0 saturated heterocycles. The molecule has 2 fully saturated rings. The number of pyridine rings is 1. The van der Waals surface area contributed by atoms with Gasteiger partial charge >= 0.3 is 5.97 Å². The summed E-state index contributed by atoms with van der Waals surface area (Å²) in [6.45, 7) is 6.29. The zero-order chi connectivity index (χ0) is 24.0. The van der Waals surface area contributed by atoms with Gasteiger partial charge in [0.15, 0.2) is 5.13 Å². The van der Waals surface area contributed by atoms with E-state index in [2.05, 4.69) is 34.9 Å². The number of carboxylic acids is 1. The van der Waals surface area contributed by atoms with E-state index in [0.29, 0.717) is 5.13 Å². The topological polar surface area (TPSA) is 110 Å². The third kappa shape index (κ3) is 4.61. The number of hydrogen-bond donors (Lipinski definition) is 2. The molecule has 178 valence electrons. The van der Waals surface area contributed by atoms with Crippen LogP contribution in [0.25, 0.3) is 21.8 Å². The van der Waals surface area contributed by atoms with Gasteiger partial charge in [-0.2, -0.15) is 5.10 Å². The van der Waals surface area contributed by atoms with Gasteiger partial charge < -0.3 is 10.4 Å². The number of carboxylic acid groups (broad SMARTS) is 1. The van der Waals surface area contributed by atoms with Gasteiger partial charge in [0, 0.05) is 35.0 Å². The molecule has 34 heavy (non-hydrogen) atoms. The Labute approximate surface area is 202 Å². The van der Waals surface area contributed by atoms with Crippen LogP contribution >= 0.6 is 11.3 Å².